The lowest BCUT2D eigenvalue weighted by atomic mass is 9.96. The Kier molecular flexibility index (Phi) is 6.40. The molecule has 0 unspecified atom stereocenters. The molecule has 3 aromatic rings. The summed E-state index contributed by atoms with van der Waals surface area (Å²) in [5, 5.41) is 3.21. The van der Waals surface area contributed by atoms with Crippen molar-refractivity contribution in [3.8, 4) is 0 Å². The van der Waals surface area contributed by atoms with Crippen molar-refractivity contribution in [3.05, 3.63) is 91.0 Å². The van der Waals surface area contributed by atoms with Crippen LogP contribution in [0.25, 0.3) is 0 Å². The Morgan fingerprint density at radius 1 is 0.711 bits per heavy atom. The molecule has 4 atom stereocenters. The van der Waals surface area contributed by atoms with Gasteiger partial charge in [-0.3, -0.25) is 0 Å². The molecule has 38 heavy (non-hydrogen) atoms. The smallest absolute Gasteiger partial charge is 0.290 e. The molecule has 200 valence electrons. The summed E-state index contributed by atoms with van der Waals surface area (Å²) in [6, 6.07) is 31.1. The molecular weight excluding hydrogens is 516 g/mol. The molecule has 0 aliphatic carbocycles. The summed E-state index contributed by atoms with van der Waals surface area (Å²) in [6.45, 7) is 7.96. The van der Waals surface area contributed by atoms with E-state index in [2.05, 4.69) is 36.4 Å². The third-order valence-electron chi connectivity index (χ3n) is 7.47. The highest BCUT2D eigenvalue weighted by Gasteiger charge is 2.72. The molecule has 6 rings (SSSR count). The zero-order chi connectivity index (χ0) is 26.7. The third kappa shape index (κ3) is 4.19. The van der Waals surface area contributed by atoms with Gasteiger partial charge in [-0.1, -0.05) is 91.0 Å². The summed E-state index contributed by atoms with van der Waals surface area (Å²) < 4.78 is 39.6. The first-order chi connectivity index (χ1) is 18.1. The Morgan fingerprint density at radius 2 is 1.21 bits per heavy atom. The monoisotopic (exact) mass is 550 g/mol. The molecule has 0 aromatic heterocycles. The minimum absolute atomic E-state index is 0.138. The Labute approximate surface area is 230 Å². The van der Waals surface area contributed by atoms with Gasteiger partial charge in [0, 0.05) is 0 Å². The van der Waals surface area contributed by atoms with Gasteiger partial charge in [-0.2, -0.15) is 0 Å². The highest BCUT2D eigenvalue weighted by atomic mass is 32.1. The standard InChI is InChI=1S/C30H34O6SSi/c1-27(2)32-21-29(35-27)30(37,26-25(20-31-29)33-28(3,4)34-26)36-38(22-14-8-5-9-15-22,23-16-10-6-11-17-23)24-18-12-7-13-19-24/h5-19,25-26,37H,20-21H2,1-4H3/t25-,26-,29+,30+/m1/s1. The van der Waals surface area contributed by atoms with Gasteiger partial charge in [0.1, 0.15) is 18.8 Å². The molecule has 0 N–H and O–H groups in total. The van der Waals surface area contributed by atoms with Crippen LogP contribution in [0.2, 0.25) is 0 Å². The largest absolute Gasteiger partial charge is 0.383 e. The number of ether oxygens (including phenoxy) is 5. The first-order valence-electron chi connectivity index (χ1n) is 13.0. The van der Waals surface area contributed by atoms with Gasteiger partial charge in [-0.25, -0.2) is 0 Å². The number of fused-ring (bicyclic) bond motifs is 1. The predicted molar refractivity (Wildman–Crippen MR) is 150 cm³/mol. The average molecular weight is 551 g/mol. The second kappa shape index (κ2) is 9.28. The van der Waals surface area contributed by atoms with E-state index < -0.39 is 42.8 Å². The quantitative estimate of drug-likeness (QED) is 0.228. The molecule has 3 aliphatic heterocycles. The first-order valence-corrected chi connectivity index (χ1v) is 15.4. The van der Waals surface area contributed by atoms with Crippen LogP contribution in [0, 0.1) is 0 Å². The van der Waals surface area contributed by atoms with Gasteiger partial charge in [0.15, 0.2) is 16.5 Å². The van der Waals surface area contributed by atoms with Crippen molar-refractivity contribution in [1.29, 1.82) is 0 Å². The van der Waals surface area contributed by atoms with Crippen molar-refractivity contribution in [2.45, 2.75) is 62.2 Å². The van der Waals surface area contributed by atoms with E-state index in [1.54, 1.807) is 0 Å². The van der Waals surface area contributed by atoms with Gasteiger partial charge < -0.3 is 28.1 Å². The van der Waals surface area contributed by atoms with Gasteiger partial charge in [0.05, 0.1) is 6.61 Å². The highest BCUT2D eigenvalue weighted by Crippen LogP contribution is 2.53. The molecule has 3 heterocycles. The fraction of sp³-hybridized carbons (Fsp3) is 0.400. The average Bonchev–Trinajstić information content (AvgIpc) is 3.42. The van der Waals surface area contributed by atoms with Crippen LogP contribution in [0.5, 0.6) is 0 Å². The Bertz CT molecular complexity index is 1180. The molecule has 8 heteroatoms. The SMILES string of the molecule is CC1(C)O[C@@H]2[C@@H](CO[C@]3(COC(C)(C)O3)[C@]2(S)O[Si](c2ccccc2)(c2ccccc2)c2ccccc2)O1. The summed E-state index contributed by atoms with van der Waals surface area (Å²) in [5.74, 6) is -3.07. The lowest BCUT2D eigenvalue weighted by Crippen LogP contribution is -2.78. The lowest BCUT2D eigenvalue weighted by Gasteiger charge is -2.54. The van der Waals surface area contributed by atoms with E-state index in [9.17, 15) is 0 Å². The van der Waals surface area contributed by atoms with Crippen molar-refractivity contribution < 1.29 is 28.1 Å². The van der Waals surface area contributed by atoms with E-state index >= 15 is 0 Å². The van der Waals surface area contributed by atoms with Crippen LogP contribution >= 0.6 is 12.6 Å². The van der Waals surface area contributed by atoms with E-state index in [4.69, 9.17) is 40.7 Å². The molecule has 0 amide bonds. The van der Waals surface area contributed by atoms with E-state index in [0.717, 1.165) is 15.6 Å². The fourth-order valence-electron chi connectivity index (χ4n) is 5.86. The minimum Gasteiger partial charge on any atom is -0.383 e. The van der Waals surface area contributed by atoms with E-state index in [1.165, 1.54) is 0 Å². The van der Waals surface area contributed by atoms with Crippen LogP contribution in [0.4, 0.5) is 0 Å². The molecule has 3 aliphatic rings. The molecule has 0 saturated carbocycles. The van der Waals surface area contributed by atoms with Crippen LogP contribution in [-0.2, 0) is 28.1 Å². The van der Waals surface area contributed by atoms with Crippen LogP contribution < -0.4 is 15.6 Å². The molecule has 3 fully saturated rings. The van der Waals surface area contributed by atoms with Crippen LogP contribution in [-0.4, -0.2) is 56.0 Å². The second-order valence-corrected chi connectivity index (χ2v) is 15.0. The molecule has 0 bridgehead atoms. The maximum atomic E-state index is 7.63. The maximum absolute atomic E-state index is 7.63. The lowest BCUT2D eigenvalue weighted by molar-refractivity contribution is -0.332. The number of benzene rings is 3. The number of rotatable bonds is 5. The number of hydrogen-bond donors (Lipinski definition) is 1. The van der Waals surface area contributed by atoms with Crippen LogP contribution in [0.1, 0.15) is 27.7 Å². The molecule has 0 radical (unpaired) electrons. The van der Waals surface area contributed by atoms with Crippen molar-refractivity contribution in [2.24, 2.45) is 0 Å². The van der Waals surface area contributed by atoms with Crippen molar-refractivity contribution >= 4 is 36.5 Å². The molecule has 1 spiro atoms. The normalized spacial score (nSPS) is 31.8. The van der Waals surface area contributed by atoms with Crippen LogP contribution in [0.3, 0.4) is 0 Å². The third-order valence-corrected chi connectivity index (χ3v) is 12.4. The van der Waals surface area contributed by atoms with E-state index in [0.29, 0.717) is 0 Å². The molecule has 3 saturated heterocycles. The molecule has 3 aromatic carbocycles. The molecular formula is C30H34O6SSi. The summed E-state index contributed by atoms with van der Waals surface area (Å²) in [5.41, 5.74) is 0. The summed E-state index contributed by atoms with van der Waals surface area (Å²) in [7, 11) is -3.26. The first kappa shape index (κ1) is 26.2. The molecule has 6 nitrogen and oxygen atoms in total. The van der Waals surface area contributed by atoms with Gasteiger partial charge in [0.2, 0.25) is 5.79 Å². The van der Waals surface area contributed by atoms with Crippen molar-refractivity contribution in [1.82, 2.24) is 0 Å². The van der Waals surface area contributed by atoms with Gasteiger partial charge in [-0.05, 0) is 43.3 Å². The van der Waals surface area contributed by atoms with E-state index in [-0.39, 0.29) is 13.2 Å². The van der Waals surface area contributed by atoms with Crippen LogP contribution in [0.15, 0.2) is 91.0 Å². The topological polar surface area (TPSA) is 55.4 Å². The second-order valence-electron chi connectivity index (χ2n) is 11.0. The van der Waals surface area contributed by atoms with Crippen molar-refractivity contribution in [2.75, 3.05) is 13.2 Å². The van der Waals surface area contributed by atoms with Gasteiger partial charge >= 0.3 is 0 Å². The van der Waals surface area contributed by atoms with Gasteiger partial charge in [0.25, 0.3) is 8.32 Å². The van der Waals surface area contributed by atoms with Crippen molar-refractivity contribution in [3.63, 3.8) is 0 Å². The maximum Gasteiger partial charge on any atom is 0.290 e. The summed E-state index contributed by atoms with van der Waals surface area (Å²) >= 11 is 5.38. The predicted octanol–water partition coefficient (Wildman–Crippen LogP) is 3.33. The number of thiol groups is 1. The zero-order valence-electron chi connectivity index (χ0n) is 22.1. The van der Waals surface area contributed by atoms with E-state index in [1.807, 2.05) is 82.3 Å². The fourth-order valence-corrected chi connectivity index (χ4v) is 10.7. The summed E-state index contributed by atoms with van der Waals surface area (Å²) in [4.78, 5) is -1.40. The Morgan fingerprint density at radius 3 is 1.66 bits per heavy atom. The summed E-state index contributed by atoms with van der Waals surface area (Å²) in [6.07, 6.45) is -0.982. The minimum atomic E-state index is -3.26. The highest BCUT2D eigenvalue weighted by molar-refractivity contribution is 7.81. The van der Waals surface area contributed by atoms with Gasteiger partial charge in [-0.15, -0.1) is 12.6 Å². The number of hydrogen-bond acceptors (Lipinski definition) is 7. The Hall–Kier alpha value is -2.01. The zero-order valence-corrected chi connectivity index (χ0v) is 24.0. The Balaban J connectivity index is 1.61.